The number of pyridine rings is 1. The number of aromatic nitrogens is 2. The van der Waals surface area contributed by atoms with Gasteiger partial charge in [-0.25, -0.2) is 4.98 Å². The normalized spacial score (nSPS) is 13.1. The first kappa shape index (κ1) is 31.5. The van der Waals surface area contributed by atoms with Crippen LogP contribution in [0.2, 0.25) is 0 Å². The molecule has 0 saturated heterocycles. The molecule has 0 radical (unpaired) electrons. The Morgan fingerprint density at radius 3 is 1.84 bits per heavy atom. The zero-order chi connectivity index (χ0) is 36.7. The molecular weight excluding hydrogens is 667 g/mol. The second kappa shape index (κ2) is 12.0. The molecule has 0 spiro atoms. The fourth-order valence-electron chi connectivity index (χ4n) is 9.03. The van der Waals surface area contributed by atoms with Crippen molar-refractivity contribution in [3.63, 3.8) is 0 Å². The van der Waals surface area contributed by atoms with Crippen molar-refractivity contribution in [2.45, 2.75) is 19.3 Å². The van der Waals surface area contributed by atoms with Gasteiger partial charge in [-0.15, -0.1) is 0 Å². The Bertz CT molecular complexity index is 3100. The molecule has 0 atom stereocenters. The van der Waals surface area contributed by atoms with Crippen LogP contribution in [0, 0.1) is 0 Å². The Kier molecular flexibility index (Phi) is 6.90. The number of nitrogens with zero attached hydrogens (tertiary/aromatic N) is 3. The monoisotopic (exact) mass is 703 g/mol. The van der Waals surface area contributed by atoms with Gasteiger partial charge < -0.3 is 4.90 Å². The van der Waals surface area contributed by atoms with Gasteiger partial charge in [0.05, 0.1) is 11.0 Å². The summed E-state index contributed by atoms with van der Waals surface area (Å²) < 4.78 is 2.22. The molecule has 0 N–H and O–H groups in total. The average Bonchev–Trinajstić information content (AvgIpc) is 3.74. The largest absolute Gasteiger partial charge is 0.310 e. The van der Waals surface area contributed by atoms with Crippen LogP contribution in [-0.2, 0) is 5.41 Å². The van der Waals surface area contributed by atoms with Crippen molar-refractivity contribution in [2.75, 3.05) is 4.90 Å². The van der Waals surface area contributed by atoms with E-state index in [1.165, 1.54) is 66.1 Å². The Hall–Kier alpha value is -6.97. The van der Waals surface area contributed by atoms with Gasteiger partial charge in [-0.3, -0.25) is 4.40 Å². The molecule has 260 valence electrons. The third kappa shape index (κ3) is 4.86. The molecule has 10 aromatic rings. The zero-order valence-electron chi connectivity index (χ0n) is 30.7. The van der Waals surface area contributed by atoms with E-state index in [0.717, 1.165) is 33.7 Å². The van der Waals surface area contributed by atoms with Crippen LogP contribution in [0.25, 0.3) is 71.6 Å². The first-order valence-corrected chi connectivity index (χ1v) is 19.0. The van der Waals surface area contributed by atoms with E-state index < -0.39 is 0 Å². The van der Waals surface area contributed by atoms with Crippen LogP contribution >= 0.6 is 0 Å². The van der Waals surface area contributed by atoms with Gasteiger partial charge in [0.2, 0.25) is 0 Å². The van der Waals surface area contributed by atoms with Crippen LogP contribution in [0.15, 0.2) is 188 Å². The van der Waals surface area contributed by atoms with Gasteiger partial charge in [0.1, 0.15) is 5.65 Å². The Morgan fingerprint density at radius 1 is 0.436 bits per heavy atom. The van der Waals surface area contributed by atoms with Gasteiger partial charge in [0.15, 0.2) is 0 Å². The summed E-state index contributed by atoms with van der Waals surface area (Å²) in [5.41, 5.74) is 16.7. The Labute approximate surface area is 320 Å². The molecule has 0 fully saturated rings. The summed E-state index contributed by atoms with van der Waals surface area (Å²) >= 11 is 0. The molecule has 0 unspecified atom stereocenters. The van der Waals surface area contributed by atoms with Gasteiger partial charge in [0, 0.05) is 39.4 Å². The van der Waals surface area contributed by atoms with E-state index in [1.807, 2.05) is 0 Å². The highest BCUT2D eigenvalue weighted by Gasteiger charge is 2.35. The maximum atomic E-state index is 5.04. The van der Waals surface area contributed by atoms with Crippen LogP contribution in [0.3, 0.4) is 0 Å². The van der Waals surface area contributed by atoms with E-state index in [9.17, 15) is 0 Å². The fourth-order valence-corrected chi connectivity index (χ4v) is 9.03. The van der Waals surface area contributed by atoms with Gasteiger partial charge in [-0.1, -0.05) is 141 Å². The van der Waals surface area contributed by atoms with E-state index in [1.54, 1.807) is 0 Å². The van der Waals surface area contributed by atoms with E-state index in [4.69, 9.17) is 4.98 Å². The Balaban J connectivity index is 0.940. The molecule has 1 aliphatic rings. The summed E-state index contributed by atoms with van der Waals surface area (Å²) in [5, 5.41) is 4.86. The van der Waals surface area contributed by atoms with Crippen molar-refractivity contribution >= 4 is 55.3 Å². The van der Waals surface area contributed by atoms with Crippen molar-refractivity contribution < 1.29 is 0 Å². The summed E-state index contributed by atoms with van der Waals surface area (Å²) in [4.78, 5) is 7.41. The maximum Gasteiger partial charge on any atom is 0.137 e. The number of hydrogen-bond acceptors (Lipinski definition) is 2. The first-order chi connectivity index (χ1) is 27.0. The van der Waals surface area contributed by atoms with Crippen molar-refractivity contribution in [1.82, 2.24) is 9.38 Å². The summed E-state index contributed by atoms with van der Waals surface area (Å²) in [7, 11) is 0. The molecule has 0 amide bonds. The summed E-state index contributed by atoms with van der Waals surface area (Å²) in [6, 6.07) is 66.2. The number of benzene rings is 8. The SMILES string of the molecule is CC1(C)c2ccccc2-c2ccc(N(c3ccccc3)c3ccc(-c4ccc(-c5ccc6c(c5)c5ccccc5c5nc7ccccn7c65)cc4)cc3)cc21. The predicted molar refractivity (Wildman–Crippen MR) is 231 cm³/mol. The smallest absolute Gasteiger partial charge is 0.137 e. The molecule has 0 aliphatic heterocycles. The molecule has 0 saturated carbocycles. The lowest BCUT2D eigenvalue weighted by molar-refractivity contribution is 0.660. The molecule has 11 rings (SSSR count). The number of imidazole rings is 1. The third-order valence-corrected chi connectivity index (χ3v) is 11.8. The second-order valence-electron chi connectivity index (χ2n) is 15.2. The van der Waals surface area contributed by atoms with Gasteiger partial charge in [-0.05, 0) is 110 Å². The average molecular weight is 704 g/mol. The molecular formula is C52H37N3. The van der Waals surface area contributed by atoms with E-state index in [2.05, 4.69) is 211 Å². The topological polar surface area (TPSA) is 20.5 Å². The van der Waals surface area contributed by atoms with Crippen molar-refractivity contribution in [3.05, 3.63) is 199 Å². The second-order valence-corrected chi connectivity index (χ2v) is 15.2. The minimum atomic E-state index is -0.0670. The number of anilines is 3. The lowest BCUT2D eigenvalue weighted by atomic mass is 9.82. The highest BCUT2D eigenvalue weighted by Crippen LogP contribution is 2.50. The lowest BCUT2D eigenvalue weighted by Gasteiger charge is -2.28. The van der Waals surface area contributed by atoms with Crippen LogP contribution in [-0.4, -0.2) is 9.38 Å². The number of fused-ring (bicyclic) bond motifs is 11. The van der Waals surface area contributed by atoms with Crippen LogP contribution in [0.5, 0.6) is 0 Å². The highest BCUT2D eigenvalue weighted by atomic mass is 15.1. The molecule has 2 heterocycles. The zero-order valence-corrected chi connectivity index (χ0v) is 30.7. The number of hydrogen-bond donors (Lipinski definition) is 0. The highest BCUT2D eigenvalue weighted by molar-refractivity contribution is 6.24. The summed E-state index contributed by atoms with van der Waals surface area (Å²) in [6.07, 6.45) is 2.12. The van der Waals surface area contributed by atoms with Gasteiger partial charge in [0.25, 0.3) is 0 Å². The Morgan fingerprint density at radius 2 is 1.04 bits per heavy atom. The van der Waals surface area contributed by atoms with Crippen molar-refractivity contribution in [2.24, 2.45) is 0 Å². The minimum absolute atomic E-state index is 0.0670. The summed E-state index contributed by atoms with van der Waals surface area (Å²) in [5.74, 6) is 0. The van der Waals surface area contributed by atoms with Crippen LogP contribution in [0.4, 0.5) is 17.1 Å². The van der Waals surface area contributed by atoms with Gasteiger partial charge >= 0.3 is 0 Å². The molecule has 55 heavy (non-hydrogen) atoms. The van der Waals surface area contributed by atoms with E-state index >= 15 is 0 Å². The van der Waals surface area contributed by atoms with E-state index in [0.29, 0.717) is 0 Å². The van der Waals surface area contributed by atoms with Gasteiger partial charge in [-0.2, -0.15) is 0 Å². The quantitative estimate of drug-likeness (QED) is 0.166. The fraction of sp³-hybridized carbons (Fsp3) is 0.0577. The van der Waals surface area contributed by atoms with Crippen LogP contribution in [0.1, 0.15) is 25.0 Å². The molecule has 1 aliphatic carbocycles. The van der Waals surface area contributed by atoms with Crippen molar-refractivity contribution in [3.8, 4) is 33.4 Å². The predicted octanol–water partition coefficient (Wildman–Crippen LogP) is 13.9. The third-order valence-electron chi connectivity index (χ3n) is 11.8. The molecule has 0 bridgehead atoms. The minimum Gasteiger partial charge on any atom is -0.310 e. The molecule has 3 nitrogen and oxygen atoms in total. The molecule has 8 aromatic carbocycles. The van der Waals surface area contributed by atoms with Crippen molar-refractivity contribution in [1.29, 1.82) is 0 Å². The maximum absolute atomic E-state index is 5.04. The number of para-hydroxylation sites is 1. The standard InChI is InChI=1S/C52H37N3/c1-52(2)47-17-9-8-15-42(47)43-30-28-40(33-48(43)52)55(38-12-4-3-5-13-38)39-26-23-35(24-27-39)34-19-21-36(22-20-34)37-25-29-45-46(32-37)41-14-6-7-16-44(41)50-51(45)54-31-11-10-18-49(54)53-50/h3-33H,1-2H3. The summed E-state index contributed by atoms with van der Waals surface area (Å²) in [6.45, 7) is 4.69. The molecule has 3 heteroatoms. The van der Waals surface area contributed by atoms with Crippen LogP contribution < -0.4 is 4.90 Å². The molecule has 2 aromatic heterocycles. The lowest BCUT2D eigenvalue weighted by Crippen LogP contribution is -2.16. The number of rotatable bonds is 5. The first-order valence-electron chi connectivity index (χ1n) is 19.0. The van der Waals surface area contributed by atoms with E-state index in [-0.39, 0.29) is 5.41 Å².